The van der Waals surface area contributed by atoms with Gasteiger partial charge in [-0.1, -0.05) is 18.2 Å². The number of aryl methyl sites for hydroxylation is 1. The summed E-state index contributed by atoms with van der Waals surface area (Å²) in [6, 6.07) is 7.96. The van der Waals surface area contributed by atoms with Crippen LogP contribution < -0.4 is 10.1 Å². The molecule has 27 heavy (non-hydrogen) atoms. The Morgan fingerprint density at radius 1 is 1.26 bits per heavy atom. The zero-order valence-electron chi connectivity index (χ0n) is 16.5. The number of carbonyl (C=O) groups is 2. The number of fused-ring (bicyclic) bond motifs is 1. The number of carbonyl (C=O) groups excluding carboxylic acids is 2. The molecule has 1 saturated heterocycles. The molecule has 2 fully saturated rings. The van der Waals surface area contributed by atoms with Crippen LogP contribution in [0.1, 0.15) is 44.6 Å². The van der Waals surface area contributed by atoms with E-state index in [0.29, 0.717) is 12.8 Å². The Morgan fingerprint density at radius 2 is 2.04 bits per heavy atom. The van der Waals surface area contributed by atoms with E-state index in [1.54, 1.807) is 21.1 Å². The lowest BCUT2D eigenvalue weighted by Crippen LogP contribution is -2.55. The molecule has 1 aliphatic carbocycles. The number of nitrogens with zero attached hydrogens (tertiary/aromatic N) is 1. The number of para-hydroxylation sites is 1. The van der Waals surface area contributed by atoms with E-state index < -0.39 is 0 Å². The first-order valence-corrected chi connectivity index (χ1v) is 9.72. The highest BCUT2D eigenvalue weighted by molar-refractivity contribution is 5.77. The first kappa shape index (κ1) is 19.7. The fraction of sp³-hybridized carbons (Fsp3) is 0.619. The highest BCUT2D eigenvalue weighted by atomic mass is 16.5. The van der Waals surface area contributed by atoms with Crippen LogP contribution in [-0.4, -0.2) is 55.2 Å². The van der Waals surface area contributed by atoms with E-state index in [1.807, 2.05) is 29.2 Å². The van der Waals surface area contributed by atoms with E-state index in [0.717, 1.165) is 43.5 Å². The van der Waals surface area contributed by atoms with Crippen molar-refractivity contribution < 1.29 is 19.1 Å². The Balaban J connectivity index is 1.67. The third-order valence-electron chi connectivity index (χ3n) is 6.12. The molecule has 6 nitrogen and oxygen atoms in total. The van der Waals surface area contributed by atoms with Crippen molar-refractivity contribution in [3.63, 3.8) is 0 Å². The maximum Gasteiger partial charge on any atom is 0.223 e. The van der Waals surface area contributed by atoms with Crippen molar-refractivity contribution in [3.8, 4) is 5.75 Å². The zero-order chi connectivity index (χ0) is 19.4. The van der Waals surface area contributed by atoms with Gasteiger partial charge >= 0.3 is 0 Å². The van der Waals surface area contributed by atoms with Crippen molar-refractivity contribution in [2.45, 2.75) is 63.1 Å². The number of hydrogen-bond donors (Lipinski definition) is 1. The summed E-state index contributed by atoms with van der Waals surface area (Å²) < 4.78 is 11.3. The van der Waals surface area contributed by atoms with Crippen LogP contribution in [0.15, 0.2) is 24.3 Å². The number of hydrogen-bond acceptors (Lipinski definition) is 4. The van der Waals surface area contributed by atoms with Gasteiger partial charge < -0.3 is 19.7 Å². The molecule has 1 saturated carbocycles. The highest BCUT2D eigenvalue weighted by Crippen LogP contribution is 2.42. The Hall–Kier alpha value is -2.08. The molecule has 3 rings (SSSR count). The lowest BCUT2D eigenvalue weighted by Gasteiger charge is -2.43. The number of amides is 2. The van der Waals surface area contributed by atoms with Gasteiger partial charge in [-0.3, -0.25) is 9.59 Å². The summed E-state index contributed by atoms with van der Waals surface area (Å²) in [6.07, 6.45) is 4.49. The number of nitrogens with one attached hydrogen (secondary N) is 1. The fourth-order valence-corrected chi connectivity index (χ4v) is 4.71. The fourth-order valence-electron chi connectivity index (χ4n) is 4.71. The lowest BCUT2D eigenvalue weighted by molar-refractivity contribution is -0.137. The van der Waals surface area contributed by atoms with Gasteiger partial charge in [0.05, 0.1) is 18.8 Å². The number of rotatable bonds is 6. The van der Waals surface area contributed by atoms with Gasteiger partial charge in [0.15, 0.2) is 0 Å². The summed E-state index contributed by atoms with van der Waals surface area (Å²) >= 11 is 0. The van der Waals surface area contributed by atoms with Gasteiger partial charge in [0.1, 0.15) is 5.75 Å². The van der Waals surface area contributed by atoms with E-state index in [1.165, 1.54) is 0 Å². The summed E-state index contributed by atoms with van der Waals surface area (Å²) in [4.78, 5) is 26.4. The van der Waals surface area contributed by atoms with Crippen LogP contribution >= 0.6 is 0 Å². The SMILES string of the molecule is COc1ccccc1CCC(=O)N1CC[C@]2(OC)CC[C@@H](NC(C)=O)C[C@H]12. The highest BCUT2D eigenvalue weighted by Gasteiger charge is 2.52. The van der Waals surface area contributed by atoms with Crippen LogP contribution in [0.2, 0.25) is 0 Å². The van der Waals surface area contributed by atoms with Crippen molar-refractivity contribution in [2.75, 3.05) is 20.8 Å². The monoisotopic (exact) mass is 374 g/mol. The molecular formula is C21H30N2O4. The summed E-state index contributed by atoms with van der Waals surface area (Å²) in [5.41, 5.74) is 0.778. The minimum absolute atomic E-state index is 0.0167. The molecule has 0 aromatic heterocycles. The Kier molecular flexibility index (Phi) is 6.05. The number of ether oxygens (including phenoxy) is 2. The van der Waals surface area contributed by atoms with Crippen LogP contribution in [0.25, 0.3) is 0 Å². The lowest BCUT2D eigenvalue weighted by atomic mass is 9.78. The van der Waals surface area contributed by atoms with Crippen molar-refractivity contribution in [3.05, 3.63) is 29.8 Å². The van der Waals surface area contributed by atoms with Crippen LogP contribution in [0.5, 0.6) is 5.75 Å². The first-order valence-electron chi connectivity index (χ1n) is 9.72. The van der Waals surface area contributed by atoms with Gasteiger partial charge in [0.25, 0.3) is 0 Å². The van der Waals surface area contributed by atoms with Gasteiger partial charge in [-0.05, 0) is 43.7 Å². The van der Waals surface area contributed by atoms with Gasteiger partial charge in [-0.15, -0.1) is 0 Å². The largest absolute Gasteiger partial charge is 0.496 e. The number of methoxy groups -OCH3 is 2. The standard InChI is InChI=1S/C21H30N2O4/c1-15(24)22-17-10-11-21(27-3)12-13-23(19(21)14-17)20(25)9-8-16-6-4-5-7-18(16)26-2/h4-7,17,19H,8-14H2,1-3H3,(H,22,24)/t17-,19+,21-/m1/s1. The summed E-state index contributed by atoms with van der Waals surface area (Å²) in [7, 11) is 3.40. The molecule has 1 N–H and O–H groups in total. The molecule has 1 heterocycles. The predicted octanol–water partition coefficient (Wildman–Crippen LogP) is 2.30. The third-order valence-corrected chi connectivity index (χ3v) is 6.12. The molecule has 0 spiro atoms. The van der Waals surface area contributed by atoms with Crippen LogP contribution in [0.4, 0.5) is 0 Å². The smallest absolute Gasteiger partial charge is 0.223 e. The normalized spacial score (nSPS) is 27.1. The second kappa shape index (κ2) is 8.30. The second-order valence-corrected chi connectivity index (χ2v) is 7.61. The number of benzene rings is 1. The van der Waals surface area contributed by atoms with Crippen LogP contribution in [0.3, 0.4) is 0 Å². The van der Waals surface area contributed by atoms with Crippen LogP contribution in [-0.2, 0) is 20.7 Å². The predicted molar refractivity (Wildman–Crippen MR) is 103 cm³/mol. The van der Waals surface area contributed by atoms with Crippen molar-refractivity contribution in [1.29, 1.82) is 0 Å². The molecule has 1 aromatic rings. The van der Waals surface area contributed by atoms with E-state index in [-0.39, 0.29) is 29.5 Å². The number of likely N-dealkylation sites (tertiary alicyclic amines) is 1. The summed E-state index contributed by atoms with van der Waals surface area (Å²) in [6.45, 7) is 2.26. The van der Waals surface area contributed by atoms with E-state index in [2.05, 4.69) is 5.32 Å². The molecule has 1 aromatic carbocycles. The molecule has 6 heteroatoms. The molecule has 0 radical (unpaired) electrons. The molecule has 0 bridgehead atoms. The first-order chi connectivity index (χ1) is 13.0. The maximum absolute atomic E-state index is 13.0. The Bertz CT molecular complexity index is 693. The molecule has 2 amide bonds. The molecule has 0 unspecified atom stereocenters. The quantitative estimate of drug-likeness (QED) is 0.830. The zero-order valence-corrected chi connectivity index (χ0v) is 16.5. The minimum Gasteiger partial charge on any atom is -0.496 e. The topological polar surface area (TPSA) is 67.9 Å². The van der Waals surface area contributed by atoms with Crippen molar-refractivity contribution >= 4 is 11.8 Å². The maximum atomic E-state index is 13.0. The molecular weight excluding hydrogens is 344 g/mol. The van der Waals surface area contributed by atoms with Gasteiger partial charge in [-0.2, -0.15) is 0 Å². The van der Waals surface area contributed by atoms with Crippen molar-refractivity contribution in [1.82, 2.24) is 10.2 Å². The average Bonchev–Trinajstić information content (AvgIpc) is 3.05. The van der Waals surface area contributed by atoms with Gasteiger partial charge in [-0.25, -0.2) is 0 Å². The van der Waals surface area contributed by atoms with Gasteiger partial charge in [0.2, 0.25) is 11.8 Å². The van der Waals surface area contributed by atoms with Crippen molar-refractivity contribution in [2.24, 2.45) is 0 Å². The molecule has 148 valence electrons. The Labute approximate surface area is 161 Å². The molecule has 3 atom stereocenters. The third kappa shape index (κ3) is 4.10. The average molecular weight is 374 g/mol. The summed E-state index contributed by atoms with van der Waals surface area (Å²) in [5.74, 6) is 0.951. The van der Waals surface area contributed by atoms with Gasteiger partial charge in [0, 0.05) is 33.0 Å². The van der Waals surface area contributed by atoms with E-state index in [9.17, 15) is 9.59 Å². The Morgan fingerprint density at radius 3 is 2.74 bits per heavy atom. The second-order valence-electron chi connectivity index (χ2n) is 7.61. The van der Waals surface area contributed by atoms with E-state index in [4.69, 9.17) is 9.47 Å². The van der Waals surface area contributed by atoms with E-state index >= 15 is 0 Å². The molecule has 2 aliphatic rings. The minimum atomic E-state index is -0.269. The molecule has 1 aliphatic heterocycles. The van der Waals surface area contributed by atoms with Crippen LogP contribution in [0, 0.1) is 0 Å². The summed E-state index contributed by atoms with van der Waals surface area (Å²) in [5, 5.41) is 3.02.